The van der Waals surface area contributed by atoms with E-state index in [1.807, 2.05) is 4.90 Å². The number of halogens is 7. The fourth-order valence-electron chi connectivity index (χ4n) is 3.23. The summed E-state index contributed by atoms with van der Waals surface area (Å²) in [6, 6.07) is 9.70. The fraction of sp³-hybridized carbons (Fsp3) is 0.304. The van der Waals surface area contributed by atoms with Gasteiger partial charge in [0.15, 0.2) is 0 Å². The third-order valence-corrected chi connectivity index (χ3v) is 5.03. The van der Waals surface area contributed by atoms with E-state index in [0.29, 0.717) is 37.6 Å². The minimum absolute atomic E-state index is 0.00351. The maximum Gasteiger partial charge on any atom is 0.573 e. The molecule has 10 nitrogen and oxygen atoms in total. The summed E-state index contributed by atoms with van der Waals surface area (Å²) in [4.78, 5) is 14.7. The molecule has 1 aromatic heterocycles. The normalized spacial score (nSPS) is 14.4. The molecule has 0 amide bonds. The Balaban J connectivity index is 1.47. The van der Waals surface area contributed by atoms with Gasteiger partial charge in [0.1, 0.15) is 11.5 Å². The monoisotopic (exact) mass is 575 g/mol. The molecule has 0 bridgehead atoms. The molecule has 4 rings (SSSR count). The molecule has 0 atom stereocenters. The summed E-state index contributed by atoms with van der Waals surface area (Å²) in [5, 5.41) is 6.87. The van der Waals surface area contributed by atoms with Gasteiger partial charge < -0.3 is 24.4 Å². The lowest BCUT2D eigenvalue weighted by Crippen LogP contribution is -2.37. The summed E-state index contributed by atoms with van der Waals surface area (Å²) < 4.78 is 101. The number of morpholine rings is 1. The van der Waals surface area contributed by atoms with Gasteiger partial charge in [0.05, 0.1) is 19.4 Å². The van der Waals surface area contributed by atoms with Crippen LogP contribution in [0.15, 0.2) is 53.6 Å². The van der Waals surface area contributed by atoms with E-state index in [9.17, 15) is 30.7 Å². The lowest BCUT2D eigenvalue weighted by Gasteiger charge is -2.27. The third-order valence-electron chi connectivity index (χ3n) is 5.03. The zero-order valence-electron chi connectivity index (χ0n) is 20.2. The Morgan fingerprint density at radius 1 is 0.850 bits per heavy atom. The molecule has 2 heterocycles. The molecule has 0 spiro atoms. The van der Waals surface area contributed by atoms with E-state index < -0.39 is 30.4 Å². The van der Waals surface area contributed by atoms with E-state index in [0.717, 1.165) is 24.3 Å². The second-order valence-corrected chi connectivity index (χ2v) is 7.98. The largest absolute Gasteiger partial charge is 0.573 e. The van der Waals surface area contributed by atoms with Crippen LogP contribution in [0.4, 0.5) is 54.3 Å². The highest BCUT2D eigenvalue weighted by Crippen LogP contribution is 2.28. The Morgan fingerprint density at radius 3 is 2.08 bits per heavy atom. The van der Waals surface area contributed by atoms with Crippen molar-refractivity contribution in [2.45, 2.75) is 18.9 Å². The van der Waals surface area contributed by atoms with E-state index in [1.54, 1.807) is 0 Å². The van der Waals surface area contributed by atoms with Crippen molar-refractivity contribution in [1.82, 2.24) is 15.0 Å². The van der Waals surface area contributed by atoms with Crippen LogP contribution in [0.25, 0.3) is 0 Å². The number of ether oxygens (including phenoxy) is 3. The summed E-state index contributed by atoms with van der Waals surface area (Å²) in [6.07, 6.45) is -12.1. The first-order chi connectivity index (χ1) is 19.0. The van der Waals surface area contributed by atoms with Crippen molar-refractivity contribution in [2.75, 3.05) is 41.9 Å². The summed E-state index contributed by atoms with van der Waals surface area (Å²) in [5.41, 5.74) is 3.38. The Hall–Kier alpha value is -4.41. The van der Waals surface area contributed by atoms with Crippen molar-refractivity contribution in [1.29, 1.82) is 0 Å². The highest BCUT2D eigenvalue weighted by atomic mass is 19.4. The number of alkyl halides is 7. The molecule has 0 unspecified atom stereocenters. The van der Waals surface area contributed by atoms with Gasteiger partial charge in [-0.25, -0.2) is 5.43 Å². The standard InChI is InChI=1S/C23H20F7N7O3/c24-18(25)22(26,27)39-16-5-1-14(2-6-16)13-31-36-20-33-19(34-21(35-20)37-9-11-38-12-10-37)32-15-3-7-17(8-4-15)40-23(28,29)30/h1-8,13,18H,9-12H2,(H2,32,33,34,35,36)/b31-13+. The van der Waals surface area contributed by atoms with Crippen LogP contribution in [-0.2, 0) is 4.74 Å². The molecule has 214 valence electrons. The Labute approximate surface area is 221 Å². The van der Waals surface area contributed by atoms with E-state index >= 15 is 0 Å². The topological polar surface area (TPSA) is 106 Å². The SMILES string of the molecule is FC(F)C(F)(F)Oc1ccc(/C=N/Nc2nc(Nc3ccc(OC(F)(F)F)cc3)nc(N3CCOCC3)n2)cc1. The predicted octanol–water partition coefficient (Wildman–Crippen LogP) is 5.03. The maximum absolute atomic E-state index is 13.0. The first kappa shape index (κ1) is 28.6. The van der Waals surface area contributed by atoms with E-state index in [2.05, 4.69) is 40.3 Å². The lowest BCUT2D eigenvalue weighted by molar-refractivity contribution is -0.274. The summed E-state index contributed by atoms with van der Waals surface area (Å²) >= 11 is 0. The average molecular weight is 575 g/mol. The quantitative estimate of drug-likeness (QED) is 0.196. The summed E-state index contributed by atoms with van der Waals surface area (Å²) in [6.45, 7) is 1.88. The van der Waals surface area contributed by atoms with E-state index in [-0.39, 0.29) is 17.8 Å². The first-order valence-electron chi connectivity index (χ1n) is 11.4. The Kier molecular flexibility index (Phi) is 8.71. The minimum Gasteiger partial charge on any atom is -0.428 e. The van der Waals surface area contributed by atoms with Crippen LogP contribution in [0.2, 0.25) is 0 Å². The van der Waals surface area contributed by atoms with Crippen molar-refractivity contribution in [3.8, 4) is 11.5 Å². The van der Waals surface area contributed by atoms with Gasteiger partial charge in [0.25, 0.3) is 0 Å². The number of hydrazone groups is 1. The number of benzene rings is 2. The average Bonchev–Trinajstić information content (AvgIpc) is 2.90. The number of nitrogens with zero attached hydrogens (tertiary/aromatic N) is 5. The zero-order chi connectivity index (χ0) is 28.8. The summed E-state index contributed by atoms with van der Waals surface area (Å²) in [7, 11) is 0. The minimum atomic E-state index is -4.82. The van der Waals surface area contributed by atoms with Gasteiger partial charge in [-0.1, -0.05) is 0 Å². The van der Waals surface area contributed by atoms with Gasteiger partial charge in [-0.05, 0) is 54.1 Å². The second kappa shape index (κ2) is 12.2. The Bertz CT molecular complexity index is 1290. The number of anilines is 4. The summed E-state index contributed by atoms with van der Waals surface area (Å²) in [5.74, 6) is -0.528. The first-order valence-corrected chi connectivity index (χ1v) is 11.4. The van der Waals surface area contributed by atoms with Crippen LogP contribution in [0.3, 0.4) is 0 Å². The van der Waals surface area contributed by atoms with Gasteiger partial charge in [-0.2, -0.15) is 37.6 Å². The molecule has 1 aliphatic heterocycles. The molecule has 40 heavy (non-hydrogen) atoms. The number of hydrogen-bond acceptors (Lipinski definition) is 10. The molecule has 0 saturated carbocycles. The van der Waals surface area contributed by atoms with E-state index in [4.69, 9.17) is 4.74 Å². The third kappa shape index (κ3) is 8.29. The van der Waals surface area contributed by atoms with Gasteiger partial charge in [-0.3, -0.25) is 0 Å². The van der Waals surface area contributed by atoms with Crippen molar-refractivity contribution in [3.05, 3.63) is 54.1 Å². The molecule has 3 aromatic rings. The molecule has 0 aliphatic carbocycles. The van der Waals surface area contributed by atoms with Crippen molar-refractivity contribution < 1.29 is 44.9 Å². The molecule has 1 saturated heterocycles. The van der Waals surface area contributed by atoms with Crippen LogP contribution in [0.5, 0.6) is 11.5 Å². The Morgan fingerprint density at radius 2 is 1.45 bits per heavy atom. The molecule has 0 radical (unpaired) electrons. The van der Waals surface area contributed by atoms with E-state index in [1.165, 1.54) is 30.5 Å². The molecular formula is C23H20F7N7O3. The maximum atomic E-state index is 13.0. The van der Waals surface area contributed by atoms with Crippen LogP contribution >= 0.6 is 0 Å². The number of nitrogens with one attached hydrogen (secondary N) is 2. The second-order valence-electron chi connectivity index (χ2n) is 7.98. The van der Waals surface area contributed by atoms with Crippen LogP contribution in [-0.4, -0.2) is 66.4 Å². The molecular weight excluding hydrogens is 555 g/mol. The van der Waals surface area contributed by atoms with Gasteiger partial charge in [-0.15, -0.1) is 13.2 Å². The predicted molar refractivity (Wildman–Crippen MR) is 129 cm³/mol. The van der Waals surface area contributed by atoms with Crippen molar-refractivity contribution >= 4 is 29.7 Å². The van der Waals surface area contributed by atoms with Crippen molar-refractivity contribution in [2.24, 2.45) is 5.10 Å². The molecule has 2 aromatic carbocycles. The van der Waals surface area contributed by atoms with Crippen LogP contribution in [0.1, 0.15) is 5.56 Å². The fourth-order valence-corrected chi connectivity index (χ4v) is 3.23. The van der Waals surface area contributed by atoms with Crippen LogP contribution in [0, 0.1) is 0 Å². The number of hydrogen-bond donors (Lipinski definition) is 2. The van der Waals surface area contributed by atoms with Gasteiger partial charge in [0, 0.05) is 18.8 Å². The molecule has 1 fully saturated rings. The van der Waals surface area contributed by atoms with Crippen molar-refractivity contribution in [3.63, 3.8) is 0 Å². The highest BCUT2D eigenvalue weighted by molar-refractivity contribution is 5.80. The zero-order valence-corrected chi connectivity index (χ0v) is 20.2. The molecule has 2 N–H and O–H groups in total. The highest BCUT2D eigenvalue weighted by Gasteiger charge is 2.43. The smallest absolute Gasteiger partial charge is 0.428 e. The number of aromatic nitrogens is 3. The van der Waals surface area contributed by atoms with Gasteiger partial charge >= 0.3 is 18.9 Å². The van der Waals surface area contributed by atoms with Gasteiger partial charge in [0.2, 0.25) is 17.8 Å². The lowest BCUT2D eigenvalue weighted by atomic mass is 10.2. The van der Waals surface area contributed by atoms with Crippen LogP contribution < -0.4 is 25.1 Å². The molecule has 1 aliphatic rings. The molecule has 17 heteroatoms. The number of rotatable bonds is 10.